The number of rotatable bonds is 2. The van der Waals surface area contributed by atoms with E-state index in [9.17, 15) is 4.79 Å². The fraction of sp³-hybridized carbons (Fsp3) is 0.222. The number of hydrogen-bond acceptors (Lipinski definition) is 3. The van der Waals surface area contributed by atoms with Crippen LogP contribution in [0.4, 0.5) is 0 Å². The van der Waals surface area contributed by atoms with Crippen LogP contribution in [0.1, 0.15) is 15.9 Å². The zero-order chi connectivity index (χ0) is 10.0. The van der Waals surface area contributed by atoms with Crippen molar-refractivity contribution >= 4 is 18.6 Å². The minimum Gasteiger partial charge on any atom is -0.497 e. The second kappa shape index (κ2) is 3.70. The van der Waals surface area contributed by atoms with Gasteiger partial charge < -0.3 is 9.84 Å². The maximum atomic E-state index is 10.7. The first-order chi connectivity index (χ1) is 6.06. The molecule has 1 rings (SSSR count). The zero-order valence-electron chi connectivity index (χ0n) is 7.37. The summed E-state index contributed by atoms with van der Waals surface area (Å²) in [4.78, 5) is 11.2. The molecule has 0 saturated carbocycles. The van der Waals surface area contributed by atoms with E-state index in [0.717, 1.165) is 5.56 Å². The monoisotopic (exact) mass is 198 g/mol. The average molecular weight is 198 g/mol. The van der Waals surface area contributed by atoms with Gasteiger partial charge in [0.15, 0.2) is 0 Å². The van der Waals surface area contributed by atoms with Crippen molar-refractivity contribution in [3.63, 3.8) is 0 Å². The van der Waals surface area contributed by atoms with E-state index in [1.54, 1.807) is 13.0 Å². The van der Waals surface area contributed by atoms with Crippen molar-refractivity contribution < 1.29 is 14.6 Å². The molecule has 4 heteroatoms. The van der Waals surface area contributed by atoms with E-state index in [1.165, 1.54) is 13.2 Å². The molecule has 0 unspecified atom stereocenters. The molecule has 0 saturated heterocycles. The third-order valence-corrected chi connectivity index (χ3v) is 2.33. The van der Waals surface area contributed by atoms with Crippen molar-refractivity contribution in [2.45, 2.75) is 11.8 Å². The SMILES string of the molecule is COc1cc(C)c(S)c(C(=O)O)c1. The Morgan fingerprint density at radius 1 is 1.54 bits per heavy atom. The van der Waals surface area contributed by atoms with Crippen LogP contribution in [-0.4, -0.2) is 18.2 Å². The van der Waals surface area contributed by atoms with Crippen molar-refractivity contribution in [1.82, 2.24) is 0 Å². The molecule has 0 heterocycles. The molecule has 70 valence electrons. The molecule has 1 aromatic carbocycles. The highest BCUT2D eigenvalue weighted by Gasteiger charge is 2.11. The summed E-state index contributed by atoms with van der Waals surface area (Å²) in [5.41, 5.74) is 0.959. The number of carboxylic acid groups (broad SMARTS) is 1. The number of carbonyl (C=O) groups is 1. The fourth-order valence-electron chi connectivity index (χ4n) is 1.03. The van der Waals surface area contributed by atoms with Crippen LogP contribution in [0.3, 0.4) is 0 Å². The van der Waals surface area contributed by atoms with Crippen LogP contribution >= 0.6 is 12.6 Å². The van der Waals surface area contributed by atoms with Gasteiger partial charge in [-0.05, 0) is 24.6 Å². The molecule has 0 aliphatic rings. The number of aromatic carboxylic acids is 1. The molecule has 0 amide bonds. The fourth-order valence-corrected chi connectivity index (χ4v) is 1.25. The molecular formula is C9H10O3S. The molecule has 0 fully saturated rings. The standard InChI is InChI=1S/C9H10O3S/c1-5-3-6(12-2)4-7(8(5)13)9(10)11/h3-4,13H,1-2H3,(H,10,11). The second-order valence-corrected chi connectivity index (χ2v) is 3.09. The zero-order valence-corrected chi connectivity index (χ0v) is 8.26. The van der Waals surface area contributed by atoms with Crippen LogP contribution in [0.15, 0.2) is 17.0 Å². The van der Waals surface area contributed by atoms with E-state index < -0.39 is 5.97 Å². The van der Waals surface area contributed by atoms with Crippen LogP contribution < -0.4 is 4.74 Å². The number of benzene rings is 1. The lowest BCUT2D eigenvalue weighted by molar-refractivity contribution is 0.0692. The third kappa shape index (κ3) is 1.95. The first kappa shape index (κ1) is 9.92. The number of hydrogen-bond donors (Lipinski definition) is 2. The van der Waals surface area contributed by atoms with Crippen LogP contribution in [0.25, 0.3) is 0 Å². The third-order valence-electron chi connectivity index (χ3n) is 1.74. The van der Waals surface area contributed by atoms with Crippen molar-refractivity contribution in [3.05, 3.63) is 23.3 Å². The first-order valence-electron chi connectivity index (χ1n) is 3.67. The van der Waals surface area contributed by atoms with Gasteiger partial charge in [-0.15, -0.1) is 12.6 Å². The Morgan fingerprint density at radius 2 is 2.15 bits per heavy atom. The number of methoxy groups -OCH3 is 1. The molecule has 13 heavy (non-hydrogen) atoms. The summed E-state index contributed by atoms with van der Waals surface area (Å²) in [5.74, 6) is -0.459. The molecular weight excluding hydrogens is 188 g/mol. The van der Waals surface area contributed by atoms with Crippen molar-refractivity contribution in [2.24, 2.45) is 0 Å². The van der Waals surface area contributed by atoms with E-state index >= 15 is 0 Å². The quantitative estimate of drug-likeness (QED) is 0.714. The van der Waals surface area contributed by atoms with Crippen LogP contribution in [-0.2, 0) is 0 Å². The van der Waals surface area contributed by atoms with Crippen molar-refractivity contribution in [3.8, 4) is 5.75 Å². The molecule has 1 aromatic rings. The summed E-state index contributed by atoms with van der Waals surface area (Å²) < 4.78 is 4.94. The smallest absolute Gasteiger partial charge is 0.336 e. The van der Waals surface area contributed by atoms with Gasteiger partial charge in [0.25, 0.3) is 0 Å². The van der Waals surface area contributed by atoms with Gasteiger partial charge in [-0.1, -0.05) is 0 Å². The number of carboxylic acids is 1. The highest BCUT2D eigenvalue weighted by Crippen LogP contribution is 2.24. The lowest BCUT2D eigenvalue weighted by Crippen LogP contribution is -2.00. The van der Waals surface area contributed by atoms with Gasteiger partial charge in [-0.2, -0.15) is 0 Å². The molecule has 0 spiro atoms. The number of thiol groups is 1. The molecule has 3 nitrogen and oxygen atoms in total. The Hall–Kier alpha value is -1.16. The maximum absolute atomic E-state index is 10.7. The lowest BCUT2D eigenvalue weighted by Gasteiger charge is -2.07. The van der Waals surface area contributed by atoms with Crippen LogP contribution in [0, 0.1) is 6.92 Å². The number of ether oxygens (including phenoxy) is 1. The lowest BCUT2D eigenvalue weighted by atomic mass is 10.1. The van der Waals surface area contributed by atoms with Gasteiger partial charge in [-0.3, -0.25) is 0 Å². The Kier molecular flexibility index (Phi) is 2.83. The molecule has 1 N–H and O–H groups in total. The topological polar surface area (TPSA) is 46.5 Å². The van der Waals surface area contributed by atoms with Crippen molar-refractivity contribution in [1.29, 1.82) is 0 Å². The van der Waals surface area contributed by atoms with E-state index in [2.05, 4.69) is 12.6 Å². The Labute approximate surface area is 81.8 Å². The summed E-state index contributed by atoms with van der Waals surface area (Å²) in [7, 11) is 1.50. The molecule has 0 aliphatic carbocycles. The van der Waals surface area contributed by atoms with Gasteiger partial charge in [0.1, 0.15) is 5.75 Å². The van der Waals surface area contributed by atoms with Gasteiger partial charge in [-0.25, -0.2) is 4.79 Å². The summed E-state index contributed by atoms with van der Waals surface area (Å²) >= 11 is 4.10. The maximum Gasteiger partial charge on any atom is 0.336 e. The van der Waals surface area contributed by atoms with E-state index in [1.807, 2.05) is 0 Å². The average Bonchev–Trinajstić information content (AvgIpc) is 2.09. The summed E-state index contributed by atoms with van der Waals surface area (Å²) in [6.45, 7) is 1.79. The Morgan fingerprint density at radius 3 is 2.62 bits per heavy atom. The van der Waals surface area contributed by atoms with Gasteiger partial charge in [0.05, 0.1) is 12.7 Å². The first-order valence-corrected chi connectivity index (χ1v) is 4.12. The largest absolute Gasteiger partial charge is 0.497 e. The van der Waals surface area contributed by atoms with E-state index in [-0.39, 0.29) is 5.56 Å². The van der Waals surface area contributed by atoms with Crippen molar-refractivity contribution in [2.75, 3.05) is 7.11 Å². The van der Waals surface area contributed by atoms with E-state index in [4.69, 9.17) is 9.84 Å². The minimum atomic E-state index is -0.994. The minimum absolute atomic E-state index is 0.167. The molecule has 0 aliphatic heterocycles. The van der Waals surface area contributed by atoms with Gasteiger partial charge in [0.2, 0.25) is 0 Å². The Bertz CT molecular complexity index is 347. The van der Waals surface area contributed by atoms with E-state index in [0.29, 0.717) is 10.6 Å². The van der Waals surface area contributed by atoms with Gasteiger partial charge in [0, 0.05) is 4.90 Å². The van der Waals surface area contributed by atoms with Gasteiger partial charge >= 0.3 is 5.97 Å². The summed E-state index contributed by atoms with van der Waals surface area (Å²) in [6.07, 6.45) is 0. The Balaban J connectivity index is 3.33. The normalized spacial score (nSPS) is 9.77. The summed E-state index contributed by atoms with van der Waals surface area (Å²) in [6, 6.07) is 3.20. The molecule has 0 bridgehead atoms. The highest BCUT2D eigenvalue weighted by molar-refractivity contribution is 7.80. The molecule has 0 aromatic heterocycles. The predicted octanol–water partition coefficient (Wildman–Crippen LogP) is 1.99. The molecule has 0 radical (unpaired) electrons. The number of aryl methyl sites for hydroxylation is 1. The second-order valence-electron chi connectivity index (χ2n) is 2.65. The summed E-state index contributed by atoms with van der Waals surface area (Å²) in [5, 5.41) is 8.81. The highest BCUT2D eigenvalue weighted by atomic mass is 32.1. The van der Waals surface area contributed by atoms with Crippen LogP contribution in [0.5, 0.6) is 5.75 Å². The van der Waals surface area contributed by atoms with Crippen LogP contribution in [0.2, 0.25) is 0 Å². The predicted molar refractivity (Wildman–Crippen MR) is 51.9 cm³/mol. The molecule has 0 atom stereocenters.